The standard InChI is InChI=1S/C19H19NO7/c1-12(21)14-7-8-17(18(10-14)25-3)26-11-19(22)27-13(2)15-5-4-6-16(9-15)20(23)24/h4-10,13H,11H2,1-3H3/t13-/m1/s1. The molecule has 0 N–H and O–H groups in total. The number of nitro groups is 1. The van der Waals surface area contributed by atoms with E-state index in [1.165, 1.54) is 44.4 Å². The highest BCUT2D eigenvalue weighted by Crippen LogP contribution is 2.28. The molecule has 0 heterocycles. The normalized spacial score (nSPS) is 11.4. The Morgan fingerprint density at radius 1 is 1.15 bits per heavy atom. The molecule has 0 aliphatic carbocycles. The van der Waals surface area contributed by atoms with Crippen LogP contribution in [0.15, 0.2) is 42.5 Å². The van der Waals surface area contributed by atoms with Gasteiger partial charge in [-0.25, -0.2) is 4.79 Å². The first-order chi connectivity index (χ1) is 12.8. The molecule has 2 aromatic carbocycles. The van der Waals surface area contributed by atoms with Crippen LogP contribution in [0.1, 0.15) is 35.9 Å². The molecule has 8 heteroatoms. The molecular formula is C19H19NO7. The van der Waals surface area contributed by atoms with Crippen molar-refractivity contribution in [3.8, 4) is 11.5 Å². The maximum atomic E-state index is 12.0. The highest BCUT2D eigenvalue weighted by atomic mass is 16.6. The van der Waals surface area contributed by atoms with E-state index in [9.17, 15) is 19.7 Å². The molecule has 2 rings (SSSR count). The first-order valence-electron chi connectivity index (χ1n) is 8.07. The highest BCUT2D eigenvalue weighted by Gasteiger charge is 2.16. The molecule has 2 aromatic rings. The number of carbonyl (C=O) groups is 2. The van der Waals surface area contributed by atoms with Gasteiger partial charge in [0.25, 0.3) is 5.69 Å². The monoisotopic (exact) mass is 373 g/mol. The van der Waals surface area contributed by atoms with E-state index in [-0.39, 0.29) is 18.1 Å². The number of benzene rings is 2. The number of Topliss-reactive ketones (excluding diaryl/α,β-unsaturated/α-hetero) is 1. The summed E-state index contributed by atoms with van der Waals surface area (Å²) >= 11 is 0. The van der Waals surface area contributed by atoms with Gasteiger partial charge in [0.15, 0.2) is 23.9 Å². The third kappa shape index (κ3) is 5.27. The first-order valence-corrected chi connectivity index (χ1v) is 8.07. The van der Waals surface area contributed by atoms with Crippen LogP contribution < -0.4 is 9.47 Å². The Morgan fingerprint density at radius 3 is 2.52 bits per heavy atom. The van der Waals surface area contributed by atoms with Gasteiger partial charge in [-0.3, -0.25) is 14.9 Å². The van der Waals surface area contributed by atoms with Crippen LogP contribution in [0.2, 0.25) is 0 Å². The van der Waals surface area contributed by atoms with Crippen LogP contribution in [0.5, 0.6) is 11.5 Å². The number of esters is 1. The average Bonchev–Trinajstić information content (AvgIpc) is 2.66. The third-order valence-electron chi connectivity index (χ3n) is 3.77. The summed E-state index contributed by atoms with van der Waals surface area (Å²) in [5.74, 6) is -0.151. The molecule has 0 aromatic heterocycles. The number of ether oxygens (including phenoxy) is 3. The van der Waals surface area contributed by atoms with Crippen molar-refractivity contribution >= 4 is 17.4 Å². The Labute approximate surface area is 155 Å². The van der Waals surface area contributed by atoms with E-state index < -0.39 is 17.0 Å². The quantitative estimate of drug-likeness (QED) is 0.302. The number of ketones is 1. The molecule has 142 valence electrons. The summed E-state index contributed by atoms with van der Waals surface area (Å²) < 4.78 is 15.8. The van der Waals surface area contributed by atoms with Gasteiger partial charge < -0.3 is 14.2 Å². The van der Waals surface area contributed by atoms with Gasteiger partial charge in [-0.05, 0) is 37.6 Å². The van der Waals surface area contributed by atoms with Gasteiger partial charge in [0.1, 0.15) is 6.10 Å². The average molecular weight is 373 g/mol. The van der Waals surface area contributed by atoms with E-state index in [0.29, 0.717) is 22.6 Å². The van der Waals surface area contributed by atoms with Crippen LogP contribution >= 0.6 is 0 Å². The van der Waals surface area contributed by atoms with Crippen molar-refractivity contribution in [2.24, 2.45) is 0 Å². The van der Waals surface area contributed by atoms with Crippen LogP contribution in [0, 0.1) is 10.1 Å². The van der Waals surface area contributed by atoms with E-state index in [1.54, 1.807) is 19.1 Å². The zero-order valence-electron chi connectivity index (χ0n) is 15.1. The van der Waals surface area contributed by atoms with Gasteiger partial charge in [-0.15, -0.1) is 0 Å². The van der Waals surface area contributed by atoms with Crippen molar-refractivity contribution in [3.63, 3.8) is 0 Å². The Balaban J connectivity index is 1.99. The Morgan fingerprint density at radius 2 is 1.89 bits per heavy atom. The zero-order chi connectivity index (χ0) is 20.0. The lowest BCUT2D eigenvalue weighted by Crippen LogP contribution is -2.17. The fraction of sp³-hybridized carbons (Fsp3) is 0.263. The van der Waals surface area contributed by atoms with Crippen LogP contribution in [-0.2, 0) is 9.53 Å². The van der Waals surface area contributed by atoms with Crippen molar-refractivity contribution in [3.05, 3.63) is 63.7 Å². The Kier molecular flexibility index (Phi) is 6.48. The molecule has 0 aliphatic heterocycles. The lowest BCUT2D eigenvalue weighted by molar-refractivity contribution is -0.385. The van der Waals surface area contributed by atoms with Crippen molar-refractivity contribution in [1.29, 1.82) is 0 Å². The summed E-state index contributed by atoms with van der Waals surface area (Å²) in [5, 5.41) is 10.8. The molecule has 27 heavy (non-hydrogen) atoms. The molecule has 0 saturated carbocycles. The van der Waals surface area contributed by atoms with E-state index in [1.807, 2.05) is 0 Å². The van der Waals surface area contributed by atoms with Gasteiger partial charge in [-0.1, -0.05) is 12.1 Å². The number of carbonyl (C=O) groups excluding carboxylic acids is 2. The fourth-order valence-corrected chi connectivity index (χ4v) is 2.33. The van der Waals surface area contributed by atoms with E-state index in [4.69, 9.17) is 14.2 Å². The second-order valence-electron chi connectivity index (χ2n) is 5.69. The molecule has 1 atom stereocenters. The zero-order valence-corrected chi connectivity index (χ0v) is 15.1. The summed E-state index contributed by atoms with van der Waals surface area (Å²) in [6.45, 7) is 2.66. The minimum absolute atomic E-state index is 0.0815. The molecule has 8 nitrogen and oxygen atoms in total. The van der Waals surface area contributed by atoms with Gasteiger partial charge in [-0.2, -0.15) is 0 Å². The summed E-state index contributed by atoms with van der Waals surface area (Å²) in [6, 6.07) is 10.5. The van der Waals surface area contributed by atoms with Crippen molar-refractivity contribution in [2.75, 3.05) is 13.7 Å². The molecule has 0 aliphatic rings. The van der Waals surface area contributed by atoms with Crippen LogP contribution in [0.25, 0.3) is 0 Å². The second kappa shape index (κ2) is 8.79. The number of rotatable bonds is 8. The summed E-state index contributed by atoms with van der Waals surface area (Å²) in [5.41, 5.74) is 0.879. The topological polar surface area (TPSA) is 105 Å². The maximum absolute atomic E-state index is 12.0. The van der Waals surface area contributed by atoms with Gasteiger partial charge in [0, 0.05) is 17.7 Å². The van der Waals surface area contributed by atoms with E-state index in [0.717, 1.165) is 0 Å². The second-order valence-corrected chi connectivity index (χ2v) is 5.69. The van der Waals surface area contributed by atoms with E-state index in [2.05, 4.69) is 0 Å². The lowest BCUT2D eigenvalue weighted by atomic mass is 10.1. The van der Waals surface area contributed by atoms with Crippen LogP contribution in [0.3, 0.4) is 0 Å². The predicted molar refractivity (Wildman–Crippen MR) is 96.1 cm³/mol. The Bertz CT molecular complexity index is 863. The van der Waals surface area contributed by atoms with Crippen LogP contribution in [-0.4, -0.2) is 30.4 Å². The lowest BCUT2D eigenvalue weighted by Gasteiger charge is -2.15. The summed E-state index contributed by atoms with van der Waals surface area (Å²) in [7, 11) is 1.43. The number of nitrogens with zero attached hydrogens (tertiary/aromatic N) is 1. The third-order valence-corrected chi connectivity index (χ3v) is 3.77. The van der Waals surface area contributed by atoms with Crippen LogP contribution in [0.4, 0.5) is 5.69 Å². The van der Waals surface area contributed by atoms with Gasteiger partial charge in [0.05, 0.1) is 12.0 Å². The van der Waals surface area contributed by atoms with Crippen molar-refractivity contribution in [2.45, 2.75) is 20.0 Å². The predicted octanol–water partition coefficient (Wildman–Crippen LogP) is 3.49. The van der Waals surface area contributed by atoms with Crippen molar-refractivity contribution in [1.82, 2.24) is 0 Å². The molecule has 0 fully saturated rings. The largest absolute Gasteiger partial charge is 0.493 e. The number of methoxy groups -OCH3 is 1. The molecule has 0 radical (unpaired) electrons. The molecule has 0 unspecified atom stereocenters. The number of hydrogen-bond acceptors (Lipinski definition) is 7. The minimum Gasteiger partial charge on any atom is -0.493 e. The molecule has 0 spiro atoms. The van der Waals surface area contributed by atoms with Gasteiger partial charge in [0.2, 0.25) is 0 Å². The fourth-order valence-electron chi connectivity index (χ4n) is 2.33. The smallest absolute Gasteiger partial charge is 0.344 e. The SMILES string of the molecule is COc1cc(C(C)=O)ccc1OCC(=O)O[C@H](C)c1cccc([N+](=O)[O-])c1. The number of hydrogen-bond donors (Lipinski definition) is 0. The first kappa shape index (κ1) is 19.9. The molecular weight excluding hydrogens is 354 g/mol. The number of nitro benzene ring substituents is 1. The van der Waals surface area contributed by atoms with E-state index >= 15 is 0 Å². The minimum atomic E-state index is -0.678. The van der Waals surface area contributed by atoms with Gasteiger partial charge >= 0.3 is 5.97 Å². The highest BCUT2D eigenvalue weighted by molar-refractivity contribution is 5.94. The Hall–Kier alpha value is -3.42. The molecule has 0 bridgehead atoms. The summed E-state index contributed by atoms with van der Waals surface area (Å²) in [6.07, 6.45) is -0.678. The summed E-state index contributed by atoms with van der Waals surface area (Å²) in [4.78, 5) is 33.7. The molecule has 0 amide bonds. The maximum Gasteiger partial charge on any atom is 0.344 e. The number of non-ortho nitro benzene ring substituents is 1. The molecule has 0 saturated heterocycles. The van der Waals surface area contributed by atoms with Crippen molar-refractivity contribution < 1.29 is 28.7 Å².